The van der Waals surface area contributed by atoms with Crippen molar-refractivity contribution >= 4 is 27.5 Å². The molecule has 0 radical (unpaired) electrons. The van der Waals surface area contributed by atoms with Crippen LogP contribution in [-0.4, -0.2) is 0 Å². The van der Waals surface area contributed by atoms with Crippen LogP contribution in [0.5, 0.6) is 0 Å². The van der Waals surface area contributed by atoms with Crippen LogP contribution in [0, 0.1) is 0 Å². The van der Waals surface area contributed by atoms with Gasteiger partial charge in [0.05, 0.1) is 12.5 Å². The Bertz CT molecular complexity index is 470. The van der Waals surface area contributed by atoms with E-state index in [1.165, 1.54) is 0 Å². The fraction of sp³-hybridized carbons (Fsp3) is 0.167. The van der Waals surface area contributed by atoms with Gasteiger partial charge in [-0.05, 0) is 41.8 Å². The van der Waals surface area contributed by atoms with E-state index in [0.717, 1.165) is 22.0 Å². The molecular formula is C12H11BrClNO. The van der Waals surface area contributed by atoms with Crippen LogP contribution in [0.2, 0.25) is 5.02 Å². The molecule has 0 amide bonds. The lowest BCUT2D eigenvalue weighted by atomic mass is 10.0. The second-order valence-electron chi connectivity index (χ2n) is 3.61. The Labute approximate surface area is 108 Å². The predicted molar refractivity (Wildman–Crippen MR) is 68.5 cm³/mol. The number of rotatable bonds is 3. The highest BCUT2D eigenvalue weighted by Gasteiger charge is 2.11. The quantitative estimate of drug-likeness (QED) is 0.932. The van der Waals surface area contributed by atoms with Crippen LogP contribution < -0.4 is 5.73 Å². The van der Waals surface area contributed by atoms with Crippen molar-refractivity contribution in [2.45, 2.75) is 12.5 Å². The molecule has 16 heavy (non-hydrogen) atoms. The first-order valence-electron chi connectivity index (χ1n) is 4.88. The van der Waals surface area contributed by atoms with Gasteiger partial charge in [-0.1, -0.05) is 27.5 Å². The Morgan fingerprint density at radius 1 is 1.38 bits per heavy atom. The first-order chi connectivity index (χ1) is 7.66. The van der Waals surface area contributed by atoms with E-state index in [-0.39, 0.29) is 6.04 Å². The average molecular weight is 301 g/mol. The van der Waals surface area contributed by atoms with Gasteiger partial charge in [-0.3, -0.25) is 0 Å². The molecule has 0 spiro atoms. The summed E-state index contributed by atoms with van der Waals surface area (Å²) in [4.78, 5) is 0. The van der Waals surface area contributed by atoms with Gasteiger partial charge in [-0.2, -0.15) is 0 Å². The van der Waals surface area contributed by atoms with E-state index in [1.807, 2.05) is 24.3 Å². The molecule has 0 aliphatic rings. The van der Waals surface area contributed by atoms with Gasteiger partial charge in [0.15, 0.2) is 0 Å². The summed E-state index contributed by atoms with van der Waals surface area (Å²) in [5, 5.41) is 0.695. The van der Waals surface area contributed by atoms with Crippen molar-refractivity contribution in [1.29, 1.82) is 0 Å². The van der Waals surface area contributed by atoms with Gasteiger partial charge in [0.1, 0.15) is 0 Å². The van der Waals surface area contributed by atoms with Crippen molar-refractivity contribution in [3.05, 3.63) is 57.4 Å². The molecule has 2 N–H and O–H groups in total. The Balaban J connectivity index is 2.20. The van der Waals surface area contributed by atoms with E-state index >= 15 is 0 Å². The second kappa shape index (κ2) is 5.04. The Kier molecular flexibility index (Phi) is 3.69. The van der Waals surface area contributed by atoms with Crippen molar-refractivity contribution in [2.24, 2.45) is 5.73 Å². The van der Waals surface area contributed by atoms with Crippen molar-refractivity contribution < 1.29 is 4.42 Å². The summed E-state index contributed by atoms with van der Waals surface area (Å²) in [6.45, 7) is 0. The molecule has 0 aliphatic heterocycles. The van der Waals surface area contributed by atoms with Gasteiger partial charge >= 0.3 is 0 Å². The van der Waals surface area contributed by atoms with Crippen molar-refractivity contribution in [3.8, 4) is 0 Å². The van der Waals surface area contributed by atoms with E-state index in [2.05, 4.69) is 15.9 Å². The zero-order chi connectivity index (χ0) is 11.5. The SMILES string of the molecule is NC(Cc1ccoc1)c1cc(Cl)ccc1Br. The zero-order valence-electron chi connectivity index (χ0n) is 8.49. The number of furan rings is 1. The summed E-state index contributed by atoms with van der Waals surface area (Å²) in [5.41, 5.74) is 8.22. The van der Waals surface area contributed by atoms with Crippen LogP contribution >= 0.6 is 27.5 Å². The van der Waals surface area contributed by atoms with Crippen molar-refractivity contribution in [1.82, 2.24) is 0 Å². The third kappa shape index (κ3) is 2.67. The molecular weight excluding hydrogens is 289 g/mol. The topological polar surface area (TPSA) is 39.2 Å². The van der Waals surface area contributed by atoms with Gasteiger partial charge in [-0.15, -0.1) is 0 Å². The lowest BCUT2D eigenvalue weighted by molar-refractivity contribution is 0.561. The van der Waals surface area contributed by atoms with Gasteiger partial charge in [-0.25, -0.2) is 0 Å². The maximum absolute atomic E-state index is 6.13. The number of benzene rings is 1. The first-order valence-corrected chi connectivity index (χ1v) is 6.05. The van der Waals surface area contributed by atoms with Gasteiger partial charge in [0.25, 0.3) is 0 Å². The molecule has 0 saturated heterocycles. The lowest BCUT2D eigenvalue weighted by Gasteiger charge is -2.13. The largest absolute Gasteiger partial charge is 0.472 e. The van der Waals surface area contributed by atoms with Crippen LogP contribution in [0.1, 0.15) is 17.2 Å². The molecule has 1 atom stereocenters. The fourth-order valence-electron chi connectivity index (χ4n) is 1.57. The van der Waals surface area contributed by atoms with E-state index in [0.29, 0.717) is 5.02 Å². The highest BCUT2D eigenvalue weighted by Crippen LogP contribution is 2.27. The number of nitrogens with two attached hydrogens (primary N) is 1. The van der Waals surface area contributed by atoms with Crippen LogP contribution in [-0.2, 0) is 6.42 Å². The molecule has 2 rings (SSSR count). The number of hydrogen-bond acceptors (Lipinski definition) is 2. The van der Waals surface area contributed by atoms with Crippen molar-refractivity contribution in [3.63, 3.8) is 0 Å². The predicted octanol–water partition coefficient (Wildman–Crippen LogP) is 3.94. The molecule has 2 nitrogen and oxygen atoms in total. The minimum Gasteiger partial charge on any atom is -0.472 e. The normalized spacial score (nSPS) is 12.7. The maximum Gasteiger partial charge on any atom is 0.0935 e. The lowest BCUT2D eigenvalue weighted by Crippen LogP contribution is -2.13. The molecule has 0 bridgehead atoms. The summed E-state index contributed by atoms with van der Waals surface area (Å²) < 4.78 is 5.99. The molecule has 0 saturated carbocycles. The standard InChI is InChI=1S/C12H11BrClNO/c13-11-2-1-9(14)6-10(11)12(15)5-8-3-4-16-7-8/h1-4,6-7,12H,5,15H2. The zero-order valence-corrected chi connectivity index (χ0v) is 10.8. The summed E-state index contributed by atoms with van der Waals surface area (Å²) >= 11 is 9.42. The molecule has 0 fully saturated rings. The second-order valence-corrected chi connectivity index (χ2v) is 4.90. The maximum atomic E-state index is 6.13. The monoisotopic (exact) mass is 299 g/mol. The van der Waals surface area contributed by atoms with E-state index in [9.17, 15) is 0 Å². The van der Waals surface area contributed by atoms with Crippen LogP contribution in [0.25, 0.3) is 0 Å². The van der Waals surface area contributed by atoms with Gasteiger partial charge in [0, 0.05) is 15.5 Å². The summed E-state index contributed by atoms with van der Waals surface area (Å²) in [6.07, 6.45) is 4.09. The average Bonchev–Trinajstić information content (AvgIpc) is 2.74. The number of halogens is 2. The first kappa shape index (κ1) is 11.7. The van der Waals surface area contributed by atoms with Crippen LogP contribution in [0.3, 0.4) is 0 Å². The van der Waals surface area contributed by atoms with E-state index < -0.39 is 0 Å². The molecule has 0 aliphatic carbocycles. The minimum atomic E-state index is -0.0920. The minimum absolute atomic E-state index is 0.0920. The Morgan fingerprint density at radius 2 is 2.19 bits per heavy atom. The van der Waals surface area contributed by atoms with E-state index in [1.54, 1.807) is 12.5 Å². The van der Waals surface area contributed by atoms with Crippen molar-refractivity contribution in [2.75, 3.05) is 0 Å². The molecule has 84 valence electrons. The highest BCUT2D eigenvalue weighted by molar-refractivity contribution is 9.10. The number of hydrogen-bond donors (Lipinski definition) is 1. The summed E-state index contributed by atoms with van der Waals surface area (Å²) in [7, 11) is 0. The summed E-state index contributed by atoms with van der Waals surface area (Å²) in [5.74, 6) is 0. The molecule has 2 aromatic rings. The Hall–Kier alpha value is -0.770. The molecule has 4 heteroatoms. The fourth-order valence-corrected chi connectivity index (χ4v) is 2.29. The smallest absolute Gasteiger partial charge is 0.0935 e. The third-order valence-corrected chi connectivity index (χ3v) is 3.35. The third-order valence-electron chi connectivity index (χ3n) is 2.39. The van der Waals surface area contributed by atoms with Crippen LogP contribution in [0.15, 0.2) is 45.7 Å². The summed E-state index contributed by atoms with van der Waals surface area (Å²) in [6, 6.07) is 7.45. The molecule has 1 aromatic carbocycles. The Morgan fingerprint density at radius 3 is 2.88 bits per heavy atom. The van der Waals surface area contributed by atoms with Gasteiger partial charge in [0.2, 0.25) is 0 Å². The van der Waals surface area contributed by atoms with Gasteiger partial charge < -0.3 is 10.2 Å². The molecule has 1 aromatic heterocycles. The molecule has 1 heterocycles. The highest BCUT2D eigenvalue weighted by atomic mass is 79.9. The van der Waals surface area contributed by atoms with E-state index in [4.69, 9.17) is 21.8 Å². The molecule has 1 unspecified atom stereocenters. The van der Waals surface area contributed by atoms with Crippen LogP contribution in [0.4, 0.5) is 0 Å².